The second-order valence-corrected chi connectivity index (χ2v) is 13.1. The second kappa shape index (κ2) is 12.7. The van der Waals surface area contributed by atoms with Crippen LogP contribution in [-0.2, 0) is 38.4 Å². The molecule has 5 rings (SSSR count). The molecule has 12 heteroatoms. The monoisotopic (exact) mass is 617 g/mol. The van der Waals surface area contributed by atoms with E-state index >= 15 is 0 Å². The number of benzene rings is 2. The van der Waals surface area contributed by atoms with Crippen LogP contribution < -0.4 is 14.8 Å². The zero-order valence-corrected chi connectivity index (χ0v) is 25.7. The van der Waals surface area contributed by atoms with E-state index < -0.39 is 34.5 Å². The fourth-order valence-corrected chi connectivity index (χ4v) is 6.47. The van der Waals surface area contributed by atoms with E-state index in [1.54, 1.807) is 27.9 Å². The highest BCUT2D eigenvalue weighted by Gasteiger charge is 2.46. The normalized spacial score (nSPS) is 16.6. The number of morpholine rings is 1. The summed E-state index contributed by atoms with van der Waals surface area (Å²) in [5, 5.41) is 3.57. The molecule has 1 saturated heterocycles. The lowest BCUT2D eigenvalue weighted by molar-refractivity contribution is -0.160. The molecular weight excluding hydrogens is 580 g/mol. The van der Waals surface area contributed by atoms with Gasteiger partial charge in [-0.1, -0.05) is 0 Å². The van der Waals surface area contributed by atoms with Crippen LogP contribution in [0.5, 0.6) is 11.5 Å². The summed E-state index contributed by atoms with van der Waals surface area (Å²) >= 11 is 1.40. The summed E-state index contributed by atoms with van der Waals surface area (Å²) in [6.45, 7) is 9.80. The van der Waals surface area contributed by atoms with Gasteiger partial charge >= 0.3 is 5.97 Å². The lowest BCUT2D eigenvalue weighted by Crippen LogP contribution is -2.44. The molecule has 1 aliphatic carbocycles. The number of fused-ring (bicyclic) bond motifs is 2. The number of rotatable bonds is 10. The number of aromatic nitrogens is 1. The molecule has 1 N–H and O–H groups in total. The van der Waals surface area contributed by atoms with Gasteiger partial charge in [-0.25, -0.2) is 13.8 Å². The lowest BCUT2D eigenvalue weighted by Gasteiger charge is -2.28. The Hall–Kier alpha value is -3.35. The molecule has 9 nitrogen and oxygen atoms in total. The number of hydrogen-bond donors (Lipinski definition) is 1. The fraction of sp³-hybridized carbons (Fsp3) is 0.516. The zero-order chi connectivity index (χ0) is 30.8. The highest BCUT2D eigenvalue weighted by molar-refractivity contribution is 7.18. The lowest BCUT2D eigenvalue weighted by atomic mass is 9.80. The van der Waals surface area contributed by atoms with Crippen molar-refractivity contribution in [3.05, 3.63) is 52.0 Å². The number of methoxy groups -OCH3 is 1. The van der Waals surface area contributed by atoms with Crippen LogP contribution in [0.2, 0.25) is 0 Å². The molecular formula is C31H37F2N3O6S. The molecule has 0 saturated carbocycles. The third-order valence-electron chi connectivity index (χ3n) is 7.57. The number of hydrogen-bond acceptors (Lipinski definition) is 9. The van der Waals surface area contributed by atoms with Gasteiger partial charge in [0.15, 0.2) is 23.1 Å². The van der Waals surface area contributed by atoms with Crippen molar-refractivity contribution in [3.63, 3.8) is 0 Å². The van der Waals surface area contributed by atoms with Crippen molar-refractivity contribution in [2.45, 2.75) is 52.2 Å². The number of nitrogens with zero attached hydrogens (tertiary/aromatic N) is 2. The standard InChI is InChI=1S/C31H37F2N3O6S/c1-30(2,3)42-28(37)17-31(15-19-11-21(32)22(33)12-20(19)16-31)29(38)34-18-27-35-23-13-25(24(39-4)14-26(23)43-27)41-10-7-36-5-8-40-9-6-36/h11-14H,5-10,15-18H2,1-4H3,(H,34,38). The van der Waals surface area contributed by atoms with Gasteiger partial charge in [0.1, 0.15) is 17.2 Å². The first-order valence-corrected chi connectivity index (χ1v) is 15.1. The third-order valence-corrected chi connectivity index (χ3v) is 8.59. The number of thiazole rings is 1. The molecule has 43 heavy (non-hydrogen) atoms. The Labute approximate surface area is 253 Å². The number of esters is 1. The molecule has 232 valence electrons. The van der Waals surface area contributed by atoms with Gasteiger partial charge in [-0.05, 0) is 56.9 Å². The van der Waals surface area contributed by atoms with Gasteiger partial charge in [0.25, 0.3) is 0 Å². The van der Waals surface area contributed by atoms with Crippen molar-refractivity contribution in [2.75, 3.05) is 46.6 Å². The minimum absolute atomic E-state index is 0.0901. The third kappa shape index (κ3) is 7.42. The fourth-order valence-electron chi connectivity index (χ4n) is 5.55. The van der Waals surface area contributed by atoms with E-state index in [2.05, 4.69) is 10.2 Å². The Bertz CT molecular complexity index is 1470. The maximum absolute atomic E-state index is 14.0. The van der Waals surface area contributed by atoms with Crippen LogP contribution in [-0.4, -0.2) is 73.9 Å². The summed E-state index contributed by atoms with van der Waals surface area (Å²) < 4.78 is 51.4. The van der Waals surface area contributed by atoms with Crippen LogP contribution >= 0.6 is 11.3 Å². The first-order valence-electron chi connectivity index (χ1n) is 14.3. The van der Waals surface area contributed by atoms with Gasteiger partial charge in [0, 0.05) is 31.8 Å². The summed E-state index contributed by atoms with van der Waals surface area (Å²) in [7, 11) is 1.58. The Morgan fingerprint density at radius 2 is 1.74 bits per heavy atom. The Morgan fingerprint density at radius 3 is 2.37 bits per heavy atom. The molecule has 1 fully saturated rings. The van der Waals surface area contributed by atoms with E-state index in [-0.39, 0.29) is 25.8 Å². The van der Waals surface area contributed by atoms with Crippen LogP contribution in [0.25, 0.3) is 10.2 Å². The zero-order valence-electron chi connectivity index (χ0n) is 24.9. The van der Waals surface area contributed by atoms with Crippen molar-refractivity contribution < 1.29 is 37.3 Å². The largest absolute Gasteiger partial charge is 0.493 e. The minimum atomic E-state index is -1.24. The minimum Gasteiger partial charge on any atom is -0.493 e. The molecule has 3 aromatic rings. The van der Waals surface area contributed by atoms with Gasteiger partial charge in [0.05, 0.1) is 48.9 Å². The predicted molar refractivity (Wildman–Crippen MR) is 157 cm³/mol. The molecule has 2 aliphatic rings. The van der Waals surface area contributed by atoms with Crippen molar-refractivity contribution in [1.82, 2.24) is 15.2 Å². The molecule has 0 bridgehead atoms. The van der Waals surface area contributed by atoms with Crippen LogP contribution in [0.3, 0.4) is 0 Å². The van der Waals surface area contributed by atoms with Gasteiger partial charge in [-0.2, -0.15) is 0 Å². The number of ether oxygens (including phenoxy) is 4. The van der Waals surface area contributed by atoms with Gasteiger partial charge in [-0.15, -0.1) is 11.3 Å². The smallest absolute Gasteiger partial charge is 0.307 e. The molecule has 2 heterocycles. The molecule has 2 aromatic carbocycles. The van der Waals surface area contributed by atoms with E-state index in [0.29, 0.717) is 39.8 Å². The quantitative estimate of drug-likeness (QED) is 0.334. The number of carbonyl (C=O) groups is 2. The first-order chi connectivity index (χ1) is 20.4. The van der Waals surface area contributed by atoms with E-state index in [1.807, 2.05) is 12.1 Å². The number of amides is 1. The van der Waals surface area contributed by atoms with Gasteiger partial charge in [0.2, 0.25) is 5.91 Å². The maximum Gasteiger partial charge on any atom is 0.307 e. The molecule has 1 aliphatic heterocycles. The highest BCUT2D eigenvalue weighted by atomic mass is 32.1. The maximum atomic E-state index is 14.0. The van der Waals surface area contributed by atoms with E-state index in [1.165, 1.54) is 11.3 Å². The van der Waals surface area contributed by atoms with E-state index in [0.717, 1.165) is 49.7 Å². The van der Waals surface area contributed by atoms with Crippen molar-refractivity contribution >= 4 is 33.4 Å². The van der Waals surface area contributed by atoms with Crippen LogP contribution in [0.1, 0.15) is 43.3 Å². The Morgan fingerprint density at radius 1 is 1.07 bits per heavy atom. The SMILES string of the molecule is COc1cc2sc(CNC(=O)C3(CC(=O)OC(C)(C)C)Cc4cc(F)c(F)cc4C3)nc2cc1OCCN1CCOCC1. The molecule has 0 unspecified atom stereocenters. The summed E-state index contributed by atoms with van der Waals surface area (Å²) in [6, 6.07) is 5.91. The Kier molecular flexibility index (Phi) is 9.19. The van der Waals surface area contributed by atoms with Crippen LogP contribution in [0.4, 0.5) is 8.78 Å². The van der Waals surface area contributed by atoms with Gasteiger partial charge < -0.3 is 24.3 Å². The molecule has 0 atom stereocenters. The summed E-state index contributed by atoms with van der Waals surface area (Å²) in [5.41, 5.74) is -0.270. The average Bonchev–Trinajstić information content (AvgIpc) is 3.51. The predicted octanol–water partition coefficient (Wildman–Crippen LogP) is 4.43. The summed E-state index contributed by atoms with van der Waals surface area (Å²) in [6.07, 6.45) is -0.0458. The van der Waals surface area contributed by atoms with Crippen LogP contribution in [0.15, 0.2) is 24.3 Å². The molecule has 1 aromatic heterocycles. The topological polar surface area (TPSA) is 99.2 Å². The average molecular weight is 618 g/mol. The first kappa shape index (κ1) is 31.1. The van der Waals surface area contributed by atoms with E-state index in [4.69, 9.17) is 23.9 Å². The highest BCUT2D eigenvalue weighted by Crippen LogP contribution is 2.42. The van der Waals surface area contributed by atoms with Crippen molar-refractivity contribution in [2.24, 2.45) is 5.41 Å². The molecule has 1 amide bonds. The Balaban J connectivity index is 1.29. The number of halogens is 2. The number of nitrogens with one attached hydrogen (secondary N) is 1. The van der Waals surface area contributed by atoms with E-state index in [9.17, 15) is 18.4 Å². The second-order valence-electron chi connectivity index (χ2n) is 12.0. The number of carbonyl (C=O) groups excluding carboxylic acids is 2. The van der Waals surface area contributed by atoms with Crippen molar-refractivity contribution in [3.8, 4) is 11.5 Å². The molecule has 0 radical (unpaired) electrons. The molecule has 0 spiro atoms. The summed E-state index contributed by atoms with van der Waals surface area (Å²) in [5.74, 6) is -1.75. The van der Waals surface area contributed by atoms with Crippen molar-refractivity contribution in [1.29, 1.82) is 0 Å². The van der Waals surface area contributed by atoms with Crippen LogP contribution in [0, 0.1) is 17.0 Å². The van der Waals surface area contributed by atoms with Gasteiger partial charge in [-0.3, -0.25) is 14.5 Å². The summed E-state index contributed by atoms with van der Waals surface area (Å²) in [4.78, 5) is 33.6.